The molecule has 6 nitrogen and oxygen atoms in total. The molecule has 0 aliphatic heterocycles. The summed E-state index contributed by atoms with van der Waals surface area (Å²) in [7, 11) is 0. The summed E-state index contributed by atoms with van der Waals surface area (Å²) in [5.41, 5.74) is 4.56. The fourth-order valence-corrected chi connectivity index (χ4v) is 3.79. The second-order valence-electron chi connectivity index (χ2n) is 7.91. The van der Waals surface area contributed by atoms with Gasteiger partial charge in [-0.3, -0.25) is 4.79 Å². The molecule has 4 aromatic rings. The molecule has 0 atom stereocenters. The van der Waals surface area contributed by atoms with Crippen molar-refractivity contribution in [1.29, 1.82) is 0 Å². The number of ether oxygens (including phenoxy) is 1. The summed E-state index contributed by atoms with van der Waals surface area (Å²) in [5.74, 6) is 2.13. The van der Waals surface area contributed by atoms with Gasteiger partial charge in [-0.1, -0.05) is 24.3 Å². The van der Waals surface area contributed by atoms with E-state index in [0.29, 0.717) is 18.9 Å². The maximum atomic E-state index is 12.0. The number of carbonyl (C=O) groups excluding carboxylic acids is 1. The van der Waals surface area contributed by atoms with Crippen molar-refractivity contribution in [3.8, 4) is 5.75 Å². The number of aryl methyl sites for hydroxylation is 3. The fourth-order valence-electron chi connectivity index (χ4n) is 3.79. The second kappa shape index (κ2) is 10.2. The van der Waals surface area contributed by atoms with Gasteiger partial charge in [0.1, 0.15) is 11.6 Å². The van der Waals surface area contributed by atoms with E-state index in [1.165, 1.54) is 17.4 Å². The van der Waals surface area contributed by atoms with Gasteiger partial charge in [-0.2, -0.15) is 0 Å². The van der Waals surface area contributed by atoms with Gasteiger partial charge in [0.2, 0.25) is 0 Å². The number of nitrogens with zero attached hydrogens (tertiary/aromatic N) is 2. The Morgan fingerprint density at radius 1 is 1.06 bits per heavy atom. The number of hydrogen-bond acceptors (Lipinski definition) is 4. The van der Waals surface area contributed by atoms with Gasteiger partial charge in [-0.05, 0) is 68.1 Å². The molecule has 2 aromatic carbocycles. The van der Waals surface area contributed by atoms with Gasteiger partial charge in [0.25, 0.3) is 5.91 Å². The average molecular weight is 432 g/mol. The number of hydrogen-bond donors (Lipinski definition) is 1. The highest BCUT2D eigenvalue weighted by molar-refractivity contribution is 5.91. The molecule has 4 rings (SSSR count). The number of rotatable bonds is 10. The Labute approximate surface area is 188 Å². The van der Waals surface area contributed by atoms with Gasteiger partial charge in [-0.25, -0.2) is 4.98 Å². The van der Waals surface area contributed by atoms with Crippen molar-refractivity contribution in [2.45, 2.75) is 39.7 Å². The molecule has 0 aliphatic rings. The first-order chi connectivity index (χ1) is 15.6. The van der Waals surface area contributed by atoms with Crippen molar-refractivity contribution in [2.75, 3.05) is 13.2 Å². The topological polar surface area (TPSA) is 69.3 Å². The number of furan rings is 1. The average Bonchev–Trinajstić information content (AvgIpc) is 3.45. The highest BCUT2D eigenvalue weighted by Crippen LogP contribution is 2.21. The summed E-state index contributed by atoms with van der Waals surface area (Å²) < 4.78 is 13.4. The quantitative estimate of drug-likeness (QED) is 0.356. The molecule has 0 fully saturated rings. The Morgan fingerprint density at radius 3 is 2.78 bits per heavy atom. The number of imidazole rings is 1. The molecule has 0 spiro atoms. The van der Waals surface area contributed by atoms with E-state index in [0.717, 1.165) is 48.4 Å². The van der Waals surface area contributed by atoms with Crippen molar-refractivity contribution < 1.29 is 13.9 Å². The van der Waals surface area contributed by atoms with E-state index in [2.05, 4.69) is 35.9 Å². The normalized spacial score (nSPS) is 11.1. The standard InChI is InChI=1S/C26H29N3O3/c1-19-9-5-12-23(20(19)2)31-18-8-16-29-22-11-4-3-10-21(22)28-25(29)14-6-15-27-26(30)24-13-7-17-32-24/h3-5,7,9-13,17H,6,8,14-16,18H2,1-2H3,(H,27,30). The van der Waals surface area contributed by atoms with Gasteiger partial charge in [-0.15, -0.1) is 0 Å². The molecule has 6 heteroatoms. The van der Waals surface area contributed by atoms with Gasteiger partial charge in [0.15, 0.2) is 5.76 Å². The number of fused-ring (bicyclic) bond motifs is 1. The van der Waals surface area contributed by atoms with E-state index in [1.807, 2.05) is 30.3 Å². The second-order valence-corrected chi connectivity index (χ2v) is 7.91. The SMILES string of the molecule is Cc1cccc(OCCCn2c(CCCNC(=O)c3ccco3)nc3ccccc32)c1C. The first-order valence-electron chi connectivity index (χ1n) is 11.1. The zero-order valence-corrected chi connectivity index (χ0v) is 18.6. The van der Waals surface area contributed by atoms with Gasteiger partial charge in [0, 0.05) is 19.5 Å². The minimum absolute atomic E-state index is 0.188. The van der Waals surface area contributed by atoms with Gasteiger partial charge >= 0.3 is 0 Å². The molecule has 2 heterocycles. The predicted molar refractivity (Wildman–Crippen MR) is 125 cm³/mol. The Hall–Kier alpha value is -3.54. The van der Waals surface area contributed by atoms with Crippen LogP contribution in [0.4, 0.5) is 0 Å². The largest absolute Gasteiger partial charge is 0.493 e. The summed E-state index contributed by atoms with van der Waals surface area (Å²) in [4.78, 5) is 16.9. The van der Waals surface area contributed by atoms with Crippen molar-refractivity contribution >= 4 is 16.9 Å². The lowest BCUT2D eigenvalue weighted by molar-refractivity contribution is 0.0925. The van der Waals surface area contributed by atoms with E-state index >= 15 is 0 Å². The lowest BCUT2D eigenvalue weighted by atomic mass is 10.1. The molecule has 1 N–H and O–H groups in total. The highest BCUT2D eigenvalue weighted by Gasteiger charge is 2.12. The molecule has 0 saturated heterocycles. The molecule has 2 aromatic heterocycles. The molecule has 0 bridgehead atoms. The highest BCUT2D eigenvalue weighted by atomic mass is 16.5. The number of aromatic nitrogens is 2. The summed E-state index contributed by atoms with van der Waals surface area (Å²) in [5, 5.41) is 2.90. The smallest absolute Gasteiger partial charge is 0.286 e. The summed E-state index contributed by atoms with van der Waals surface area (Å²) in [6.07, 6.45) is 3.97. The van der Waals surface area contributed by atoms with Crippen molar-refractivity contribution in [3.63, 3.8) is 0 Å². The van der Waals surface area contributed by atoms with Crippen LogP contribution in [0, 0.1) is 13.8 Å². The summed E-state index contributed by atoms with van der Waals surface area (Å²) >= 11 is 0. The third-order valence-corrected chi connectivity index (χ3v) is 5.68. The van der Waals surface area contributed by atoms with Crippen LogP contribution >= 0.6 is 0 Å². The van der Waals surface area contributed by atoms with E-state index < -0.39 is 0 Å². The molecule has 0 unspecified atom stereocenters. The lowest BCUT2D eigenvalue weighted by Gasteiger charge is -2.13. The maximum Gasteiger partial charge on any atom is 0.286 e. The van der Waals surface area contributed by atoms with E-state index in [4.69, 9.17) is 14.1 Å². The Kier molecular flexibility index (Phi) is 6.90. The number of benzene rings is 2. The number of amides is 1. The van der Waals surface area contributed by atoms with E-state index in [-0.39, 0.29) is 5.91 Å². The maximum absolute atomic E-state index is 12.0. The fraction of sp³-hybridized carbons (Fsp3) is 0.308. The lowest BCUT2D eigenvalue weighted by Crippen LogP contribution is -2.24. The van der Waals surface area contributed by atoms with Crippen LogP contribution in [-0.2, 0) is 13.0 Å². The Morgan fingerprint density at radius 2 is 1.94 bits per heavy atom. The van der Waals surface area contributed by atoms with Crippen LogP contribution in [0.2, 0.25) is 0 Å². The van der Waals surface area contributed by atoms with E-state index in [1.54, 1.807) is 12.1 Å². The van der Waals surface area contributed by atoms with Crippen LogP contribution in [0.5, 0.6) is 5.75 Å². The van der Waals surface area contributed by atoms with Crippen LogP contribution in [0.3, 0.4) is 0 Å². The Bertz CT molecular complexity index is 1180. The molecule has 32 heavy (non-hydrogen) atoms. The van der Waals surface area contributed by atoms with Crippen molar-refractivity contribution in [2.24, 2.45) is 0 Å². The van der Waals surface area contributed by atoms with Gasteiger partial charge in [0.05, 0.1) is 23.9 Å². The minimum atomic E-state index is -0.188. The van der Waals surface area contributed by atoms with Crippen LogP contribution in [-0.4, -0.2) is 28.6 Å². The third kappa shape index (κ3) is 5.02. The molecule has 0 saturated carbocycles. The van der Waals surface area contributed by atoms with Crippen LogP contribution in [0.1, 0.15) is 40.3 Å². The van der Waals surface area contributed by atoms with E-state index in [9.17, 15) is 4.79 Å². The molecule has 0 aliphatic carbocycles. The predicted octanol–water partition coefficient (Wildman–Crippen LogP) is 5.08. The zero-order chi connectivity index (χ0) is 22.3. The molecule has 166 valence electrons. The van der Waals surface area contributed by atoms with Crippen LogP contribution in [0.15, 0.2) is 65.3 Å². The van der Waals surface area contributed by atoms with Crippen molar-refractivity contribution in [3.05, 3.63) is 83.6 Å². The molecule has 1 amide bonds. The van der Waals surface area contributed by atoms with Crippen molar-refractivity contribution in [1.82, 2.24) is 14.9 Å². The number of para-hydroxylation sites is 2. The Balaban J connectivity index is 1.34. The number of nitrogens with one attached hydrogen (secondary N) is 1. The number of carbonyl (C=O) groups is 1. The zero-order valence-electron chi connectivity index (χ0n) is 18.6. The summed E-state index contributed by atoms with van der Waals surface area (Å²) in [6, 6.07) is 17.7. The van der Waals surface area contributed by atoms with Crippen LogP contribution in [0.25, 0.3) is 11.0 Å². The summed E-state index contributed by atoms with van der Waals surface area (Å²) in [6.45, 7) is 6.24. The third-order valence-electron chi connectivity index (χ3n) is 5.68. The molecule has 0 radical (unpaired) electrons. The van der Waals surface area contributed by atoms with Gasteiger partial charge < -0.3 is 19.0 Å². The van der Waals surface area contributed by atoms with Crippen LogP contribution < -0.4 is 10.1 Å². The first-order valence-corrected chi connectivity index (χ1v) is 11.1. The first kappa shape index (κ1) is 21.7. The molecular weight excluding hydrogens is 402 g/mol. The minimum Gasteiger partial charge on any atom is -0.493 e. The molecular formula is C26H29N3O3. The monoisotopic (exact) mass is 431 g/mol.